The number of ether oxygens (including phenoxy) is 1. The Bertz CT molecular complexity index is 468. The summed E-state index contributed by atoms with van der Waals surface area (Å²) < 4.78 is 6.17. The molecule has 0 aliphatic heterocycles. The minimum absolute atomic E-state index is 0.0276. The van der Waals surface area contributed by atoms with E-state index in [9.17, 15) is 4.79 Å². The first-order valence-corrected chi connectivity index (χ1v) is 9.09. The van der Waals surface area contributed by atoms with Crippen molar-refractivity contribution in [3.05, 3.63) is 0 Å². The number of carbonyl (C=O) groups excluding carboxylic acids is 1. The molecule has 0 saturated heterocycles. The largest absolute Gasteiger partial charge is 0.459 e. The second kappa shape index (κ2) is 4.26. The highest BCUT2D eigenvalue weighted by Gasteiger charge is 2.67. The molecule has 2 heteroatoms. The monoisotopic (exact) mass is 290 g/mol. The molecular formula is C19H30O2. The Kier molecular flexibility index (Phi) is 2.86. The Morgan fingerprint density at radius 1 is 1.14 bits per heavy atom. The maximum Gasteiger partial charge on any atom is 0.312 e. The van der Waals surface area contributed by atoms with Crippen molar-refractivity contribution >= 4 is 5.97 Å². The zero-order valence-corrected chi connectivity index (χ0v) is 14.0. The van der Waals surface area contributed by atoms with Crippen LogP contribution >= 0.6 is 0 Å². The molecule has 0 N–H and O–H groups in total. The highest BCUT2D eigenvalue weighted by atomic mass is 16.6. The molecule has 4 saturated carbocycles. The lowest BCUT2D eigenvalue weighted by molar-refractivity contribution is -0.179. The van der Waals surface area contributed by atoms with Crippen molar-refractivity contribution in [3.8, 4) is 0 Å². The second-order valence-corrected chi connectivity index (χ2v) is 9.23. The normalized spacial score (nSPS) is 50.5. The lowest BCUT2D eigenvalue weighted by Gasteiger charge is -2.45. The topological polar surface area (TPSA) is 26.3 Å². The first kappa shape index (κ1) is 14.1. The summed E-state index contributed by atoms with van der Waals surface area (Å²) in [5.41, 5.74) is -0.501. The Morgan fingerprint density at radius 2 is 1.81 bits per heavy atom. The van der Waals surface area contributed by atoms with E-state index in [1.807, 2.05) is 13.8 Å². The fourth-order valence-electron chi connectivity index (χ4n) is 6.48. The summed E-state index contributed by atoms with van der Waals surface area (Å²) in [5.74, 6) is 5.36. The number of esters is 1. The quantitative estimate of drug-likeness (QED) is 0.568. The SMILES string of the molecule is CCC(C)(C)C(=O)OC1(C)CC2CC1C1C3CCC(C3)C21. The average Bonchev–Trinajstić information content (AvgIpc) is 3.14. The van der Waals surface area contributed by atoms with E-state index >= 15 is 0 Å². The third-order valence-corrected chi connectivity index (χ3v) is 7.83. The maximum absolute atomic E-state index is 12.6. The summed E-state index contributed by atoms with van der Waals surface area (Å²) in [4.78, 5) is 12.6. The van der Waals surface area contributed by atoms with Crippen LogP contribution < -0.4 is 0 Å². The van der Waals surface area contributed by atoms with Crippen molar-refractivity contribution in [2.24, 2.45) is 40.9 Å². The van der Waals surface area contributed by atoms with Crippen LogP contribution in [0.3, 0.4) is 0 Å². The molecule has 0 radical (unpaired) electrons. The summed E-state index contributed by atoms with van der Waals surface area (Å²) >= 11 is 0. The molecule has 0 spiro atoms. The molecule has 4 bridgehead atoms. The fourth-order valence-corrected chi connectivity index (χ4v) is 6.48. The van der Waals surface area contributed by atoms with Crippen LogP contribution in [0.25, 0.3) is 0 Å². The van der Waals surface area contributed by atoms with Crippen LogP contribution in [0.1, 0.15) is 66.2 Å². The lowest BCUT2D eigenvalue weighted by Crippen LogP contribution is -2.47. The van der Waals surface area contributed by atoms with Crippen LogP contribution in [0.5, 0.6) is 0 Å². The molecule has 0 amide bonds. The van der Waals surface area contributed by atoms with E-state index in [-0.39, 0.29) is 17.0 Å². The Morgan fingerprint density at radius 3 is 2.48 bits per heavy atom. The smallest absolute Gasteiger partial charge is 0.312 e. The molecule has 118 valence electrons. The van der Waals surface area contributed by atoms with E-state index in [0.29, 0.717) is 5.92 Å². The third kappa shape index (κ3) is 1.80. The average molecular weight is 290 g/mol. The molecule has 21 heavy (non-hydrogen) atoms. The van der Waals surface area contributed by atoms with Crippen LogP contribution in [0.15, 0.2) is 0 Å². The zero-order valence-electron chi connectivity index (χ0n) is 14.0. The van der Waals surface area contributed by atoms with E-state index in [0.717, 1.165) is 42.4 Å². The van der Waals surface area contributed by atoms with Crippen molar-refractivity contribution in [1.82, 2.24) is 0 Å². The highest BCUT2D eigenvalue weighted by Crippen LogP contribution is 2.70. The predicted molar refractivity (Wildman–Crippen MR) is 82.6 cm³/mol. The lowest BCUT2D eigenvalue weighted by atomic mass is 9.66. The number of fused-ring (bicyclic) bond motifs is 9. The Balaban J connectivity index is 1.54. The molecule has 0 heterocycles. The number of hydrogen-bond acceptors (Lipinski definition) is 2. The van der Waals surface area contributed by atoms with Crippen LogP contribution in [-0.2, 0) is 9.53 Å². The van der Waals surface area contributed by atoms with Gasteiger partial charge in [0.25, 0.3) is 0 Å². The van der Waals surface area contributed by atoms with Crippen molar-refractivity contribution in [3.63, 3.8) is 0 Å². The molecule has 4 fully saturated rings. The van der Waals surface area contributed by atoms with Crippen LogP contribution in [-0.4, -0.2) is 11.6 Å². The highest BCUT2D eigenvalue weighted by molar-refractivity contribution is 5.76. The molecule has 4 aliphatic rings. The molecule has 0 aromatic carbocycles. The summed E-state index contributed by atoms with van der Waals surface area (Å²) in [7, 11) is 0. The van der Waals surface area contributed by atoms with E-state index in [2.05, 4.69) is 13.8 Å². The van der Waals surface area contributed by atoms with Crippen LogP contribution in [0.2, 0.25) is 0 Å². The molecule has 7 unspecified atom stereocenters. The molecule has 4 aliphatic carbocycles. The molecular weight excluding hydrogens is 260 g/mol. The van der Waals surface area contributed by atoms with Gasteiger partial charge < -0.3 is 4.74 Å². The predicted octanol–water partition coefficient (Wildman–Crippen LogP) is 4.43. The van der Waals surface area contributed by atoms with Gasteiger partial charge in [-0.25, -0.2) is 0 Å². The van der Waals surface area contributed by atoms with Gasteiger partial charge in [-0.15, -0.1) is 0 Å². The molecule has 2 nitrogen and oxygen atoms in total. The molecule has 0 aromatic heterocycles. The van der Waals surface area contributed by atoms with E-state index < -0.39 is 0 Å². The van der Waals surface area contributed by atoms with Gasteiger partial charge in [0, 0.05) is 5.92 Å². The van der Waals surface area contributed by atoms with Gasteiger partial charge in [0.2, 0.25) is 0 Å². The van der Waals surface area contributed by atoms with E-state index in [1.54, 1.807) is 0 Å². The van der Waals surface area contributed by atoms with Gasteiger partial charge in [-0.3, -0.25) is 4.79 Å². The third-order valence-electron chi connectivity index (χ3n) is 7.83. The van der Waals surface area contributed by atoms with Gasteiger partial charge in [0.1, 0.15) is 5.60 Å². The van der Waals surface area contributed by atoms with Gasteiger partial charge in [0.05, 0.1) is 5.41 Å². The van der Waals surface area contributed by atoms with Gasteiger partial charge in [-0.05, 0) is 88.9 Å². The van der Waals surface area contributed by atoms with Gasteiger partial charge >= 0.3 is 5.97 Å². The van der Waals surface area contributed by atoms with Crippen molar-refractivity contribution in [1.29, 1.82) is 0 Å². The minimum Gasteiger partial charge on any atom is -0.459 e. The minimum atomic E-state index is -0.334. The van der Waals surface area contributed by atoms with Crippen LogP contribution in [0.4, 0.5) is 0 Å². The second-order valence-electron chi connectivity index (χ2n) is 9.23. The van der Waals surface area contributed by atoms with Crippen molar-refractivity contribution in [2.45, 2.75) is 71.8 Å². The van der Waals surface area contributed by atoms with Gasteiger partial charge in [-0.1, -0.05) is 6.92 Å². The number of hydrogen-bond donors (Lipinski definition) is 0. The standard InChI is InChI=1S/C19H30O2/c1-5-18(2,3)17(20)21-19(4)10-13-9-14(19)16-12-7-6-11(8-12)15(13)16/h11-16H,5-10H2,1-4H3. The molecule has 7 atom stereocenters. The first-order chi connectivity index (χ1) is 9.86. The first-order valence-electron chi connectivity index (χ1n) is 9.09. The number of carbonyl (C=O) groups is 1. The van der Waals surface area contributed by atoms with E-state index in [1.165, 1.54) is 25.7 Å². The maximum atomic E-state index is 12.6. The molecule has 4 rings (SSSR count). The van der Waals surface area contributed by atoms with Gasteiger partial charge in [0.15, 0.2) is 0 Å². The Hall–Kier alpha value is -0.530. The van der Waals surface area contributed by atoms with Crippen molar-refractivity contribution < 1.29 is 9.53 Å². The molecule has 0 aromatic rings. The summed E-state index contributed by atoms with van der Waals surface area (Å²) in [5, 5.41) is 0. The number of rotatable bonds is 3. The Labute approximate surface area is 129 Å². The van der Waals surface area contributed by atoms with Crippen LogP contribution in [0, 0.1) is 40.9 Å². The van der Waals surface area contributed by atoms with E-state index in [4.69, 9.17) is 4.74 Å². The van der Waals surface area contributed by atoms with Gasteiger partial charge in [-0.2, -0.15) is 0 Å². The summed E-state index contributed by atoms with van der Waals surface area (Å²) in [6.07, 6.45) is 7.72. The zero-order chi connectivity index (χ0) is 15.0. The fraction of sp³-hybridized carbons (Fsp3) is 0.947. The summed E-state index contributed by atoms with van der Waals surface area (Å²) in [6.45, 7) is 8.36. The summed E-state index contributed by atoms with van der Waals surface area (Å²) in [6, 6.07) is 0. The van der Waals surface area contributed by atoms with Crippen molar-refractivity contribution in [2.75, 3.05) is 0 Å².